The number of rotatable bonds is 7. The lowest BCUT2D eigenvalue weighted by atomic mass is 9.92. The molecular formula is C60H39NO. The smallest absolute Gasteiger partial charge is 0.145 e. The number of nitrogens with zero attached hydrogens (tertiary/aromatic N) is 1. The number of furan rings is 1. The van der Waals surface area contributed by atoms with Gasteiger partial charge in [-0.15, -0.1) is 0 Å². The highest BCUT2D eigenvalue weighted by Crippen LogP contribution is 2.48. The van der Waals surface area contributed by atoms with Gasteiger partial charge in [-0.3, -0.25) is 0 Å². The molecule has 0 fully saturated rings. The van der Waals surface area contributed by atoms with Gasteiger partial charge >= 0.3 is 0 Å². The normalized spacial score (nSPS) is 11.5. The van der Waals surface area contributed by atoms with Crippen LogP contribution in [-0.2, 0) is 0 Å². The van der Waals surface area contributed by atoms with Crippen molar-refractivity contribution >= 4 is 71.3 Å². The van der Waals surface area contributed by atoms with Gasteiger partial charge in [-0.2, -0.15) is 0 Å². The summed E-state index contributed by atoms with van der Waals surface area (Å²) in [6.45, 7) is 0. The summed E-state index contributed by atoms with van der Waals surface area (Å²) >= 11 is 0. The summed E-state index contributed by atoms with van der Waals surface area (Å²) in [5, 5.41) is 9.53. The Morgan fingerprint density at radius 2 is 0.839 bits per heavy atom. The summed E-state index contributed by atoms with van der Waals surface area (Å²) in [6, 6.07) is 85.3. The van der Waals surface area contributed by atoms with Crippen LogP contribution < -0.4 is 4.90 Å². The molecule has 2 heteroatoms. The lowest BCUT2D eigenvalue weighted by molar-refractivity contribution is 0.670. The van der Waals surface area contributed by atoms with Gasteiger partial charge in [-0.25, -0.2) is 0 Å². The molecule has 0 unspecified atom stereocenters. The third-order valence-corrected chi connectivity index (χ3v) is 12.5. The minimum atomic E-state index is 0.862. The van der Waals surface area contributed by atoms with Crippen LogP contribution in [0.15, 0.2) is 241 Å². The highest BCUT2D eigenvalue weighted by atomic mass is 16.3. The summed E-state index contributed by atoms with van der Waals surface area (Å²) in [5.41, 5.74) is 14.3. The Labute approximate surface area is 360 Å². The van der Waals surface area contributed by atoms with Crippen LogP contribution in [-0.4, -0.2) is 0 Å². The number of fused-ring (bicyclic) bond motifs is 7. The highest BCUT2D eigenvalue weighted by Gasteiger charge is 2.23. The molecule has 0 amide bonds. The van der Waals surface area contributed by atoms with Gasteiger partial charge in [0.2, 0.25) is 0 Å². The number of hydrogen-bond acceptors (Lipinski definition) is 2. The zero-order valence-electron chi connectivity index (χ0n) is 33.9. The van der Waals surface area contributed by atoms with Gasteiger partial charge in [0.15, 0.2) is 0 Å². The first-order chi connectivity index (χ1) is 30.7. The van der Waals surface area contributed by atoms with E-state index in [4.69, 9.17) is 4.42 Å². The van der Waals surface area contributed by atoms with E-state index in [0.29, 0.717) is 0 Å². The third kappa shape index (κ3) is 6.04. The van der Waals surface area contributed by atoms with Crippen LogP contribution in [0.3, 0.4) is 0 Å². The molecule has 2 nitrogen and oxygen atoms in total. The number of anilines is 3. The Hall–Kier alpha value is -8.20. The maximum Gasteiger partial charge on any atom is 0.145 e. The molecule has 290 valence electrons. The SMILES string of the molecule is c1ccc(-c2cccc(-c3ccc(N(c4ccc(-c5cccc6ccccc56)cc4)c4ccc(-c5cc6ccccc6c6ccccc56)c5oc6ccccc6c45)cc3)c2)cc1. The standard InChI is InChI=1S/C60H39NO/c1-2-14-40(15-3-1)44-19-12-20-45(38-44)41-28-32-47(33-29-41)61(48-34-30-43(31-35-48)50-26-13-18-42-16-4-6-21-49(42)50)57-37-36-54(60-59(57)55-25-10-11-27-58(55)62-60)56-39-46-17-5-7-22-51(46)52-23-8-9-24-53(52)56/h1-39H. The maximum absolute atomic E-state index is 6.98. The average Bonchev–Trinajstić information content (AvgIpc) is 3.75. The molecule has 0 aliphatic carbocycles. The molecule has 0 aliphatic heterocycles. The van der Waals surface area contributed by atoms with Crippen molar-refractivity contribution in [3.63, 3.8) is 0 Å². The minimum Gasteiger partial charge on any atom is -0.455 e. The van der Waals surface area contributed by atoms with Crippen LogP contribution in [0.1, 0.15) is 0 Å². The van der Waals surface area contributed by atoms with Crippen molar-refractivity contribution in [3.05, 3.63) is 237 Å². The summed E-state index contributed by atoms with van der Waals surface area (Å²) in [7, 11) is 0. The topological polar surface area (TPSA) is 16.4 Å². The van der Waals surface area contributed by atoms with E-state index in [1.807, 2.05) is 0 Å². The van der Waals surface area contributed by atoms with Gasteiger partial charge in [0.05, 0.1) is 11.1 Å². The van der Waals surface area contributed by atoms with Crippen LogP contribution in [0.4, 0.5) is 17.1 Å². The fourth-order valence-corrected chi connectivity index (χ4v) is 9.49. The first-order valence-corrected chi connectivity index (χ1v) is 21.2. The van der Waals surface area contributed by atoms with E-state index in [2.05, 4.69) is 241 Å². The fourth-order valence-electron chi connectivity index (χ4n) is 9.49. The lowest BCUT2D eigenvalue weighted by Crippen LogP contribution is -2.10. The molecule has 0 saturated heterocycles. The lowest BCUT2D eigenvalue weighted by Gasteiger charge is -2.27. The first kappa shape index (κ1) is 35.7. The fraction of sp³-hybridized carbons (Fsp3) is 0. The van der Waals surface area contributed by atoms with E-state index in [9.17, 15) is 0 Å². The van der Waals surface area contributed by atoms with Crippen LogP contribution in [0.2, 0.25) is 0 Å². The Kier molecular flexibility index (Phi) is 8.53. The van der Waals surface area contributed by atoms with Gasteiger partial charge < -0.3 is 9.32 Å². The van der Waals surface area contributed by atoms with E-state index in [0.717, 1.165) is 55.7 Å². The molecule has 0 bridgehead atoms. The molecular weight excluding hydrogens is 751 g/mol. The van der Waals surface area contributed by atoms with Crippen molar-refractivity contribution in [2.24, 2.45) is 0 Å². The zero-order valence-corrected chi connectivity index (χ0v) is 33.9. The van der Waals surface area contributed by atoms with Crippen LogP contribution in [0, 0.1) is 0 Å². The molecule has 0 spiro atoms. The Morgan fingerprint density at radius 3 is 1.60 bits per heavy atom. The molecule has 0 aliphatic rings. The number of hydrogen-bond donors (Lipinski definition) is 0. The summed E-state index contributed by atoms with van der Waals surface area (Å²) in [5.74, 6) is 0. The molecule has 0 saturated carbocycles. The predicted octanol–water partition coefficient (Wildman–Crippen LogP) is 17.2. The molecule has 12 aromatic rings. The van der Waals surface area contributed by atoms with E-state index in [1.54, 1.807) is 0 Å². The van der Waals surface area contributed by atoms with Crippen LogP contribution in [0.5, 0.6) is 0 Å². The van der Waals surface area contributed by atoms with E-state index in [-0.39, 0.29) is 0 Å². The second-order valence-electron chi connectivity index (χ2n) is 16.0. The van der Waals surface area contributed by atoms with Gasteiger partial charge in [-0.1, -0.05) is 182 Å². The Morgan fingerprint density at radius 1 is 0.290 bits per heavy atom. The predicted molar refractivity (Wildman–Crippen MR) is 263 cm³/mol. The number of benzene rings is 11. The van der Waals surface area contributed by atoms with Crippen molar-refractivity contribution in [3.8, 4) is 44.5 Å². The second kappa shape index (κ2) is 14.8. The van der Waals surface area contributed by atoms with Gasteiger partial charge in [0, 0.05) is 22.3 Å². The van der Waals surface area contributed by atoms with Crippen molar-refractivity contribution in [1.29, 1.82) is 0 Å². The highest BCUT2D eigenvalue weighted by molar-refractivity contribution is 6.21. The van der Waals surface area contributed by atoms with Crippen molar-refractivity contribution < 1.29 is 4.42 Å². The van der Waals surface area contributed by atoms with Crippen molar-refractivity contribution in [1.82, 2.24) is 0 Å². The quantitative estimate of drug-likeness (QED) is 0.150. The minimum absolute atomic E-state index is 0.862. The maximum atomic E-state index is 6.98. The number of para-hydroxylation sites is 1. The molecule has 0 N–H and O–H groups in total. The van der Waals surface area contributed by atoms with E-state index in [1.165, 1.54) is 60.1 Å². The van der Waals surface area contributed by atoms with Crippen molar-refractivity contribution in [2.45, 2.75) is 0 Å². The summed E-state index contributed by atoms with van der Waals surface area (Å²) in [4.78, 5) is 2.39. The molecule has 12 rings (SSSR count). The molecule has 62 heavy (non-hydrogen) atoms. The Balaban J connectivity index is 1.06. The first-order valence-electron chi connectivity index (χ1n) is 21.2. The molecule has 1 aromatic heterocycles. The van der Waals surface area contributed by atoms with Crippen molar-refractivity contribution in [2.75, 3.05) is 4.90 Å². The molecule has 11 aromatic carbocycles. The van der Waals surface area contributed by atoms with Gasteiger partial charge in [0.1, 0.15) is 11.2 Å². The molecule has 1 heterocycles. The average molecular weight is 790 g/mol. The molecule has 0 radical (unpaired) electrons. The summed E-state index contributed by atoms with van der Waals surface area (Å²) in [6.07, 6.45) is 0. The van der Waals surface area contributed by atoms with Crippen LogP contribution in [0.25, 0.3) is 98.8 Å². The van der Waals surface area contributed by atoms with E-state index < -0.39 is 0 Å². The molecule has 0 atom stereocenters. The van der Waals surface area contributed by atoms with Crippen LogP contribution >= 0.6 is 0 Å². The monoisotopic (exact) mass is 789 g/mol. The van der Waals surface area contributed by atoms with Gasteiger partial charge in [0.25, 0.3) is 0 Å². The largest absolute Gasteiger partial charge is 0.455 e. The zero-order chi connectivity index (χ0) is 41.0. The van der Waals surface area contributed by atoms with E-state index >= 15 is 0 Å². The third-order valence-electron chi connectivity index (χ3n) is 12.5. The summed E-state index contributed by atoms with van der Waals surface area (Å²) < 4.78 is 6.98. The van der Waals surface area contributed by atoms with Gasteiger partial charge in [-0.05, 0) is 126 Å². The Bertz CT molecular complexity index is 3610. The second-order valence-corrected chi connectivity index (χ2v) is 16.0.